The molecule has 8 heteroatoms. The Labute approximate surface area is 120 Å². The van der Waals surface area contributed by atoms with E-state index in [0.29, 0.717) is 0 Å². The fourth-order valence-corrected chi connectivity index (χ4v) is 2.25. The van der Waals surface area contributed by atoms with Gasteiger partial charge in [0.15, 0.2) is 0 Å². The first kappa shape index (κ1) is 15.2. The number of hydrogen-bond acceptors (Lipinski definition) is 6. The van der Waals surface area contributed by atoms with Crippen LogP contribution in [0.2, 0.25) is 0 Å². The van der Waals surface area contributed by atoms with E-state index in [-0.39, 0.29) is 11.3 Å². The molecule has 0 aliphatic carbocycles. The molecule has 0 saturated carbocycles. The average molecular weight is 297 g/mol. The summed E-state index contributed by atoms with van der Waals surface area (Å²) < 4.78 is 18.2. The molecule has 114 valence electrons. The zero-order valence-corrected chi connectivity index (χ0v) is 11.6. The number of hydrazine groups is 1. The average Bonchev–Trinajstić information content (AvgIpc) is 2.48. The number of nitro benzene ring substituents is 1. The maximum atomic E-state index is 13.8. The van der Waals surface area contributed by atoms with E-state index >= 15 is 0 Å². The van der Waals surface area contributed by atoms with E-state index in [9.17, 15) is 19.3 Å². The highest BCUT2D eigenvalue weighted by molar-refractivity contribution is 5.91. The van der Waals surface area contributed by atoms with E-state index < -0.39 is 22.4 Å². The smallest absolute Gasteiger partial charge is 0.340 e. The van der Waals surface area contributed by atoms with Crippen molar-refractivity contribution in [2.45, 2.75) is 19.3 Å². The highest BCUT2D eigenvalue weighted by Crippen LogP contribution is 2.29. The second kappa shape index (κ2) is 6.49. The molecule has 1 heterocycles. The van der Waals surface area contributed by atoms with Crippen LogP contribution in [0, 0.1) is 15.9 Å². The van der Waals surface area contributed by atoms with Gasteiger partial charge >= 0.3 is 5.97 Å². The van der Waals surface area contributed by atoms with E-state index in [1.807, 2.05) is 5.01 Å². The van der Waals surface area contributed by atoms with Gasteiger partial charge in [0.25, 0.3) is 5.69 Å². The van der Waals surface area contributed by atoms with E-state index in [0.717, 1.165) is 51.6 Å². The van der Waals surface area contributed by atoms with Gasteiger partial charge in [-0.3, -0.25) is 10.1 Å². The minimum absolute atomic E-state index is 0.0868. The van der Waals surface area contributed by atoms with Crippen molar-refractivity contribution in [2.75, 3.05) is 25.6 Å². The summed E-state index contributed by atoms with van der Waals surface area (Å²) in [5.41, 5.74) is 2.24. The number of nitro groups is 1. The van der Waals surface area contributed by atoms with Crippen LogP contribution in [0.4, 0.5) is 15.8 Å². The minimum atomic E-state index is -0.974. The Morgan fingerprint density at radius 3 is 2.62 bits per heavy atom. The predicted molar refractivity (Wildman–Crippen MR) is 73.4 cm³/mol. The van der Waals surface area contributed by atoms with Gasteiger partial charge in [0, 0.05) is 13.1 Å². The fraction of sp³-hybridized carbons (Fsp3) is 0.462. The first-order valence-corrected chi connectivity index (χ1v) is 6.60. The van der Waals surface area contributed by atoms with Gasteiger partial charge in [-0.25, -0.2) is 14.2 Å². The Morgan fingerprint density at radius 2 is 2.05 bits per heavy atom. The number of ether oxygens (including phenoxy) is 1. The predicted octanol–water partition coefficient (Wildman–Crippen LogP) is 2.33. The molecule has 0 atom stereocenters. The molecule has 1 saturated heterocycles. The standard InChI is InChI=1S/C13H16FN3O4/c1-21-13(18)9-7-11(12(17(19)20)8-10(9)14)15-16-5-3-2-4-6-16/h7-8,15H,2-6H2,1H3. The number of benzene rings is 1. The lowest BCUT2D eigenvalue weighted by atomic mass is 10.1. The SMILES string of the molecule is COC(=O)c1cc(NN2CCCCC2)c([N+](=O)[O-])cc1F. The fourth-order valence-electron chi connectivity index (χ4n) is 2.25. The summed E-state index contributed by atoms with van der Waals surface area (Å²) >= 11 is 0. The summed E-state index contributed by atoms with van der Waals surface area (Å²) in [5.74, 6) is -1.85. The summed E-state index contributed by atoms with van der Waals surface area (Å²) in [4.78, 5) is 21.8. The summed E-state index contributed by atoms with van der Waals surface area (Å²) in [6.07, 6.45) is 3.06. The van der Waals surface area contributed by atoms with E-state index in [1.54, 1.807) is 0 Å². The quantitative estimate of drug-likeness (QED) is 0.521. The van der Waals surface area contributed by atoms with Crippen molar-refractivity contribution in [2.24, 2.45) is 0 Å². The number of halogens is 1. The van der Waals surface area contributed by atoms with Crippen LogP contribution >= 0.6 is 0 Å². The van der Waals surface area contributed by atoms with Crippen LogP contribution in [0.25, 0.3) is 0 Å². The Kier molecular flexibility index (Phi) is 4.69. The molecule has 0 unspecified atom stereocenters. The first-order valence-electron chi connectivity index (χ1n) is 6.60. The molecule has 1 aliphatic rings. The zero-order chi connectivity index (χ0) is 15.4. The van der Waals surface area contributed by atoms with E-state index in [1.165, 1.54) is 0 Å². The Balaban J connectivity index is 2.35. The number of carbonyl (C=O) groups excluding carboxylic acids is 1. The summed E-state index contributed by atoms with van der Waals surface area (Å²) in [7, 11) is 1.13. The molecule has 1 aliphatic heterocycles. The molecule has 1 aromatic rings. The number of rotatable bonds is 4. The van der Waals surface area contributed by atoms with Gasteiger partial charge in [-0.2, -0.15) is 0 Å². The van der Waals surface area contributed by atoms with Crippen molar-refractivity contribution in [1.82, 2.24) is 5.01 Å². The van der Waals surface area contributed by atoms with Crippen molar-refractivity contribution >= 4 is 17.3 Å². The molecular weight excluding hydrogens is 281 g/mol. The molecule has 2 rings (SSSR count). The monoisotopic (exact) mass is 297 g/mol. The normalized spacial score (nSPS) is 15.5. The molecule has 21 heavy (non-hydrogen) atoms. The third-order valence-electron chi connectivity index (χ3n) is 3.32. The third kappa shape index (κ3) is 3.46. The van der Waals surface area contributed by atoms with Crippen LogP contribution in [0.5, 0.6) is 0 Å². The highest BCUT2D eigenvalue weighted by atomic mass is 19.1. The maximum absolute atomic E-state index is 13.8. The highest BCUT2D eigenvalue weighted by Gasteiger charge is 2.24. The lowest BCUT2D eigenvalue weighted by Crippen LogP contribution is -2.35. The summed E-state index contributed by atoms with van der Waals surface area (Å²) in [6.45, 7) is 1.48. The van der Waals surface area contributed by atoms with Crippen LogP contribution in [0.3, 0.4) is 0 Å². The van der Waals surface area contributed by atoms with Crippen molar-refractivity contribution in [1.29, 1.82) is 0 Å². The van der Waals surface area contributed by atoms with Crippen molar-refractivity contribution < 1.29 is 18.8 Å². The molecule has 1 N–H and O–H groups in total. The molecular formula is C13H16FN3O4. The van der Waals surface area contributed by atoms with Gasteiger partial charge in [-0.15, -0.1) is 0 Å². The van der Waals surface area contributed by atoms with Crippen LogP contribution in [0.15, 0.2) is 12.1 Å². The van der Waals surface area contributed by atoms with Crippen molar-refractivity contribution in [3.8, 4) is 0 Å². The van der Waals surface area contributed by atoms with Gasteiger partial charge in [0.05, 0.1) is 23.7 Å². The largest absolute Gasteiger partial charge is 0.465 e. The second-order valence-electron chi connectivity index (χ2n) is 4.76. The van der Waals surface area contributed by atoms with Gasteiger partial charge in [-0.05, 0) is 18.9 Å². The molecule has 1 fully saturated rings. The first-order chi connectivity index (χ1) is 10.0. The number of methoxy groups -OCH3 is 1. The zero-order valence-electron chi connectivity index (χ0n) is 11.6. The number of hydrogen-bond donors (Lipinski definition) is 1. The maximum Gasteiger partial charge on any atom is 0.340 e. The Morgan fingerprint density at radius 1 is 1.38 bits per heavy atom. The molecule has 0 radical (unpaired) electrons. The molecule has 1 aromatic carbocycles. The van der Waals surface area contributed by atoms with E-state index in [4.69, 9.17) is 0 Å². The van der Waals surface area contributed by atoms with Gasteiger partial charge in [-0.1, -0.05) is 6.42 Å². The van der Waals surface area contributed by atoms with Crippen LogP contribution in [0.1, 0.15) is 29.6 Å². The number of nitrogens with one attached hydrogen (secondary N) is 1. The van der Waals surface area contributed by atoms with E-state index in [2.05, 4.69) is 10.2 Å². The van der Waals surface area contributed by atoms with Crippen molar-refractivity contribution in [3.63, 3.8) is 0 Å². The molecule has 0 amide bonds. The molecule has 7 nitrogen and oxygen atoms in total. The minimum Gasteiger partial charge on any atom is -0.465 e. The van der Waals surface area contributed by atoms with Crippen molar-refractivity contribution in [3.05, 3.63) is 33.6 Å². The summed E-state index contributed by atoms with van der Waals surface area (Å²) in [6, 6.07) is 1.85. The molecule has 0 aromatic heterocycles. The Hall–Kier alpha value is -2.22. The third-order valence-corrected chi connectivity index (χ3v) is 3.32. The topological polar surface area (TPSA) is 84.7 Å². The van der Waals surface area contributed by atoms with Gasteiger partial charge in [0.1, 0.15) is 11.5 Å². The number of esters is 1. The van der Waals surface area contributed by atoms with Gasteiger partial charge in [0.2, 0.25) is 0 Å². The second-order valence-corrected chi connectivity index (χ2v) is 4.76. The lowest BCUT2D eigenvalue weighted by molar-refractivity contribution is -0.384. The van der Waals surface area contributed by atoms with Gasteiger partial charge < -0.3 is 10.2 Å². The summed E-state index contributed by atoms with van der Waals surface area (Å²) in [5, 5.41) is 12.9. The number of piperidine rings is 1. The molecule has 0 spiro atoms. The van der Waals surface area contributed by atoms with Crippen LogP contribution in [-0.4, -0.2) is 36.1 Å². The number of carbonyl (C=O) groups is 1. The van der Waals surface area contributed by atoms with Crippen LogP contribution in [-0.2, 0) is 4.74 Å². The number of nitrogens with zero attached hydrogens (tertiary/aromatic N) is 2. The Bertz CT molecular complexity index is 559. The van der Waals surface area contributed by atoms with Crippen LogP contribution < -0.4 is 5.43 Å². The molecule has 0 bridgehead atoms. The number of anilines is 1. The lowest BCUT2D eigenvalue weighted by Gasteiger charge is -2.27.